The van der Waals surface area contributed by atoms with Gasteiger partial charge in [0.15, 0.2) is 5.82 Å². The summed E-state index contributed by atoms with van der Waals surface area (Å²) in [6, 6.07) is 7.70. The molecule has 0 radical (unpaired) electrons. The first-order valence-corrected chi connectivity index (χ1v) is 6.28. The molecule has 0 heterocycles. The van der Waals surface area contributed by atoms with Crippen molar-refractivity contribution in [2.45, 2.75) is 6.61 Å². The second-order valence-corrected chi connectivity index (χ2v) is 4.64. The Hall–Kier alpha value is -2.02. The molecule has 0 unspecified atom stereocenters. The largest absolute Gasteiger partial charge is 0.480 e. The predicted octanol–water partition coefficient (Wildman–Crippen LogP) is 4.21. The average Bonchev–Trinajstić information content (AvgIpc) is 2.41. The lowest BCUT2D eigenvalue weighted by atomic mass is 10.2. The summed E-state index contributed by atoms with van der Waals surface area (Å²) in [6.07, 6.45) is 0. The maximum absolute atomic E-state index is 13.6. The van der Waals surface area contributed by atoms with Crippen molar-refractivity contribution in [3.63, 3.8) is 0 Å². The molecule has 104 valence electrons. The minimum Gasteiger partial charge on any atom is -0.480 e. The molecule has 0 saturated carbocycles. The van der Waals surface area contributed by atoms with Crippen LogP contribution in [0.25, 0.3) is 0 Å². The molecule has 20 heavy (non-hydrogen) atoms. The number of halogens is 3. The van der Waals surface area contributed by atoms with Gasteiger partial charge in [-0.25, -0.2) is 8.78 Å². The highest BCUT2D eigenvalue weighted by atomic mass is 79.9. The zero-order valence-electron chi connectivity index (χ0n) is 9.98. The van der Waals surface area contributed by atoms with Gasteiger partial charge in [-0.1, -0.05) is 18.2 Å². The van der Waals surface area contributed by atoms with E-state index in [4.69, 9.17) is 4.74 Å². The zero-order chi connectivity index (χ0) is 14.7. The second kappa shape index (κ2) is 5.96. The van der Waals surface area contributed by atoms with Gasteiger partial charge >= 0.3 is 5.69 Å². The van der Waals surface area contributed by atoms with E-state index in [-0.39, 0.29) is 11.1 Å². The molecule has 2 aromatic carbocycles. The van der Waals surface area contributed by atoms with Gasteiger partial charge in [-0.05, 0) is 28.1 Å². The van der Waals surface area contributed by atoms with Crippen molar-refractivity contribution >= 4 is 21.6 Å². The van der Waals surface area contributed by atoms with E-state index in [0.29, 0.717) is 5.56 Å². The summed E-state index contributed by atoms with van der Waals surface area (Å²) in [6.45, 7) is -0.194. The number of para-hydroxylation sites is 1. The maximum atomic E-state index is 13.6. The Labute approximate surface area is 121 Å². The Morgan fingerprint density at radius 1 is 1.15 bits per heavy atom. The van der Waals surface area contributed by atoms with Gasteiger partial charge in [0.05, 0.1) is 9.40 Å². The van der Waals surface area contributed by atoms with E-state index in [2.05, 4.69) is 15.9 Å². The minimum absolute atomic E-state index is 0.180. The summed E-state index contributed by atoms with van der Waals surface area (Å²) in [4.78, 5) is 10.1. The van der Waals surface area contributed by atoms with Gasteiger partial charge < -0.3 is 4.74 Å². The predicted molar refractivity (Wildman–Crippen MR) is 71.5 cm³/mol. The number of nitrogens with zero attached hydrogens (tertiary/aromatic N) is 1. The molecule has 2 aromatic rings. The van der Waals surface area contributed by atoms with Gasteiger partial charge in [-0.3, -0.25) is 10.1 Å². The fourth-order valence-electron chi connectivity index (χ4n) is 1.59. The van der Waals surface area contributed by atoms with Crippen LogP contribution < -0.4 is 4.74 Å². The lowest BCUT2D eigenvalue weighted by Crippen LogP contribution is -2.02. The Morgan fingerprint density at radius 3 is 2.50 bits per heavy atom. The third kappa shape index (κ3) is 2.93. The maximum Gasteiger partial charge on any atom is 0.314 e. The molecule has 0 saturated heterocycles. The van der Waals surface area contributed by atoms with Crippen LogP contribution in [0.5, 0.6) is 5.75 Å². The number of nitro groups is 1. The monoisotopic (exact) mass is 343 g/mol. The Bertz CT molecular complexity index is 664. The molecule has 4 nitrogen and oxygen atoms in total. The number of nitro benzene ring substituents is 1. The standard InChI is InChI=1S/C13H8BrF2NO3/c14-12-8(3-1-4-9(12)15)7-20-13-10(16)5-2-6-11(13)17(18)19/h1-6H,7H2. The highest BCUT2D eigenvalue weighted by Gasteiger charge is 2.19. The summed E-state index contributed by atoms with van der Waals surface area (Å²) >= 11 is 3.04. The van der Waals surface area contributed by atoms with Crippen molar-refractivity contribution in [3.05, 3.63) is 68.2 Å². The van der Waals surface area contributed by atoms with Crippen molar-refractivity contribution in [3.8, 4) is 5.75 Å². The average molecular weight is 344 g/mol. The van der Waals surface area contributed by atoms with Gasteiger partial charge in [0, 0.05) is 11.6 Å². The minimum atomic E-state index is -0.841. The molecule has 0 aliphatic heterocycles. The Kier molecular flexibility index (Phi) is 4.29. The summed E-state index contributed by atoms with van der Waals surface area (Å²) in [5.74, 6) is -1.80. The van der Waals surface area contributed by atoms with Crippen LogP contribution >= 0.6 is 15.9 Å². The van der Waals surface area contributed by atoms with E-state index in [1.165, 1.54) is 18.2 Å². The second-order valence-electron chi connectivity index (χ2n) is 3.85. The van der Waals surface area contributed by atoms with Crippen LogP contribution in [0.2, 0.25) is 0 Å². The number of ether oxygens (including phenoxy) is 1. The van der Waals surface area contributed by atoms with E-state index in [9.17, 15) is 18.9 Å². The fourth-order valence-corrected chi connectivity index (χ4v) is 1.97. The highest BCUT2D eigenvalue weighted by molar-refractivity contribution is 9.10. The molecular formula is C13H8BrF2NO3. The summed E-state index contributed by atoms with van der Waals surface area (Å²) < 4.78 is 32.2. The molecule has 0 atom stereocenters. The Morgan fingerprint density at radius 2 is 1.80 bits per heavy atom. The van der Waals surface area contributed by atoms with Crippen molar-refractivity contribution in [1.29, 1.82) is 0 Å². The third-order valence-corrected chi connectivity index (χ3v) is 3.43. The molecule has 0 fully saturated rings. The van der Waals surface area contributed by atoms with Crippen LogP contribution in [-0.4, -0.2) is 4.92 Å². The zero-order valence-corrected chi connectivity index (χ0v) is 11.6. The van der Waals surface area contributed by atoms with Crippen molar-refractivity contribution in [1.82, 2.24) is 0 Å². The SMILES string of the molecule is O=[N+]([O-])c1cccc(F)c1OCc1cccc(F)c1Br. The molecule has 0 amide bonds. The smallest absolute Gasteiger partial charge is 0.314 e. The van der Waals surface area contributed by atoms with E-state index < -0.39 is 28.0 Å². The first-order valence-electron chi connectivity index (χ1n) is 5.49. The number of rotatable bonds is 4. The van der Waals surface area contributed by atoms with Crippen molar-refractivity contribution < 1.29 is 18.4 Å². The van der Waals surface area contributed by atoms with Gasteiger partial charge in [0.25, 0.3) is 0 Å². The molecule has 2 rings (SSSR count). The summed E-state index contributed by atoms with van der Waals surface area (Å²) in [5, 5.41) is 10.8. The van der Waals surface area contributed by atoms with Gasteiger partial charge in [-0.2, -0.15) is 0 Å². The molecule has 0 N–H and O–H groups in total. The van der Waals surface area contributed by atoms with E-state index in [1.807, 2.05) is 0 Å². The third-order valence-electron chi connectivity index (χ3n) is 2.55. The Balaban J connectivity index is 2.27. The van der Waals surface area contributed by atoms with Crippen LogP contribution in [0.15, 0.2) is 40.9 Å². The van der Waals surface area contributed by atoms with Gasteiger partial charge in [0.1, 0.15) is 12.4 Å². The number of hydrogen-bond donors (Lipinski definition) is 0. The van der Waals surface area contributed by atoms with Crippen LogP contribution in [0.4, 0.5) is 14.5 Å². The van der Waals surface area contributed by atoms with Crippen LogP contribution in [0.1, 0.15) is 5.56 Å². The quantitative estimate of drug-likeness (QED) is 0.617. The van der Waals surface area contributed by atoms with E-state index >= 15 is 0 Å². The summed E-state index contributed by atoms with van der Waals surface area (Å²) in [5.41, 5.74) is -0.0555. The van der Waals surface area contributed by atoms with Crippen LogP contribution in [0.3, 0.4) is 0 Å². The lowest BCUT2D eigenvalue weighted by molar-refractivity contribution is -0.386. The van der Waals surface area contributed by atoms with Crippen molar-refractivity contribution in [2.75, 3.05) is 0 Å². The summed E-state index contributed by atoms with van der Waals surface area (Å²) in [7, 11) is 0. The molecule has 0 aliphatic carbocycles. The first-order chi connectivity index (χ1) is 9.50. The van der Waals surface area contributed by atoms with Crippen LogP contribution in [0, 0.1) is 21.7 Å². The number of benzene rings is 2. The molecule has 0 aromatic heterocycles. The lowest BCUT2D eigenvalue weighted by Gasteiger charge is -2.09. The number of hydrogen-bond acceptors (Lipinski definition) is 3. The van der Waals surface area contributed by atoms with Gasteiger partial charge in [-0.15, -0.1) is 0 Å². The molecule has 0 bridgehead atoms. The first kappa shape index (κ1) is 14.4. The molecular weight excluding hydrogens is 336 g/mol. The fraction of sp³-hybridized carbons (Fsp3) is 0.0769. The highest BCUT2D eigenvalue weighted by Crippen LogP contribution is 2.31. The van der Waals surface area contributed by atoms with E-state index in [0.717, 1.165) is 12.1 Å². The molecule has 0 aliphatic rings. The van der Waals surface area contributed by atoms with Crippen molar-refractivity contribution in [2.24, 2.45) is 0 Å². The topological polar surface area (TPSA) is 52.4 Å². The van der Waals surface area contributed by atoms with E-state index in [1.54, 1.807) is 6.07 Å². The van der Waals surface area contributed by atoms with Gasteiger partial charge in [0.2, 0.25) is 5.75 Å². The molecule has 7 heteroatoms. The molecule has 0 spiro atoms. The normalized spacial score (nSPS) is 10.3. The van der Waals surface area contributed by atoms with Crippen LogP contribution in [-0.2, 0) is 6.61 Å².